The summed E-state index contributed by atoms with van der Waals surface area (Å²) in [4.78, 5) is 18.8. The Morgan fingerprint density at radius 2 is 1.92 bits per heavy atom. The predicted octanol–water partition coefficient (Wildman–Crippen LogP) is 3.49. The van der Waals surface area contributed by atoms with Crippen molar-refractivity contribution < 1.29 is 13.2 Å². The number of hydrogen-bond donors (Lipinski definition) is 0. The Kier molecular flexibility index (Phi) is 5.60. The number of carbonyl (C=O) groups is 1. The summed E-state index contributed by atoms with van der Waals surface area (Å²) in [7, 11) is -3.04. The zero-order chi connectivity index (χ0) is 18.2. The summed E-state index contributed by atoms with van der Waals surface area (Å²) in [6.45, 7) is 3.98. The summed E-state index contributed by atoms with van der Waals surface area (Å²) in [5.74, 6) is 0.0634. The molecule has 2 fully saturated rings. The summed E-state index contributed by atoms with van der Waals surface area (Å²) in [5.41, 5.74) is 0.872. The van der Waals surface area contributed by atoms with E-state index in [0.717, 1.165) is 23.0 Å². The van der Waals surface area contributed by atoms with Crippen molar-refractivity contribution in [2.24, 2.45) is 10.9 Å². The Bertz CT molecular complexity index is 789. The van der Waals surface area contributed by atoms with E-state index >= 15 is 0 Å². The topological polar surface area (TPSA) is 66.8 Å². The highest BCUT2D eigenvalue weighted by Crippen LogP contribution is 2.41. The van der Waals surface area contributed by atoms with Crippen LogP contribution in [0.15, 0.2) is 33.7 Å². The third-order valence-corrected chi connectivity index (χ3v) is 8.45. The van der Waals surface area contributed by atoms with Crippen LogP contribution in [0, 0.1) is 5.92 Å². The Balaban J connectivity index is 1.97. The van der Waals surface area contributed by atoms with Crippen LogP contribution in [0.2, 0.25) is 0 Å². The smallest absolute Gasteiger partial charge is 0.251 e. The lowest BCUT2D eigenvalue weighted by Gasteiger charge is -2.24. The maximum Gasteiger partial charge on any atom is 0.251 e. The van der Waals surface area contributed by atoms with E-state index in [9.17, 15) is 13.2 Å². The quantitative estimate of drug-likeness (QED) is 0.710. The van der Waals surface area contributed by atoms with Gasteiger partial charge in [0, 0.05) is 21.3 Å². The van der Waals surface area contributed by atoms with Gasteiger partial charge in [-0.1, -0.05) is 41.5 Å². The molecule has 0 saturated carbocycles. The van der Waals surface area contributed by atoms with Gasteiger partial charge in [-0.15, -0.1) is 0 Å². The van der Waals surface area contributed by atoms with Crippen LogP contribution in [0.3, 0.4) is 0 Å². The largest absolute Gasteiger partial charge is 0.316 e. The number of amidine groups is 1. The summed E-state index contributed by atoms with van der Waals surface area (Å²) >= 11 is 4.84. The number of rotatable bonds is 4. The van der Waals surface area contributed by atoms with Crippen molar-refractivity contribution in [3.63, 3.8) is 0 Å². The second-order valence-electron chi connectivity index (χ2n) is 6.39. The number of benzene rings is 1. The highest BCUT2D eigenvalue weighted by atomic mass is 79.9. The molecule has 1 aromatic rings. The minimum Gasteiger partial charge on any atom is -0.316 e. The van der Waals surface area contributed by atoms with Crippen LogP contribution in [0.1, 0.15) is 26.7 Å². The van der Waals surface area contributed by atoms with Gasteiger partial charge < -0.3 is 4.90 Å². The third-order valence-electron chi connectivity index (χ3n) is 4.71. The van der Waals surface area contributed by atoms with Crippen LogP contribution in [-0.4, -0.2) is 42.3 Å². The first-order valence-corrected chi connectivity index (χ1v) is 11.9. The number of anilines is 1. The molecule has 2 saturated heterocycles. The number of carbonyl (C=O) groups excluding carboxylic acids is 1. The highest BCUT2D eigenvalue weighted by Gasteiger charge is 2.49. The van der Waals surface area contributed by atoms with Crippen LogP contribution < -0.4 is 4.90 Å². The summed E-state index contributed by atoms with van der Waals surface area (Å²) in [5, 5.41) is 0.561. The lowest BCUT2D eigenvalue weighted by Crippen LogP contribution is -2.37. The Morgan fingerprint density at radius 3 is 2.52 bits per heavy atom. The number of fused-ring (bicyclic) bond motifs is 1. The van der Waals surface area contributed by atoms with E-state index in [4.69, 9.17) is 0 Å². The summed E-state index contributed by atoms with van der Waals surface area (Å²) in [6, 6.07) is 7.52. The number of aliphatic imine (C=N–C) groups is 1. The van der Waals surface area contributed by atoms with E-state index in [1.165, 1.54) is 11.8 Å². The van der Waals surface area contributed by atoms with Crippen LogP contribution in [0.25, 0.3) is 0 Å². The van der Waals surface area contributed by atoms with Gasteiger partial charge in [-0.2, -0.15) is 4.99 Å². The molecule has 0 N–H and O–H groups in total. The SMILES string of the molecule is CCC(CC)C(=O)N=C1S[C@@H]2CS(=O)(=O)C[C@H]2N1c1ccc(Br)cc1. The van der Waals surface area contributed by atoms with Gasteiger partial charge >= 0.3 is 0 Å². The lowest BCUT2D eigenvalue weighted by molar-refractivity contribution is -0.121. The zero-order valence-electron chi connectivity index (χ0n) is 14.2. The van der Waals surface area contributed by atoms with Crippen LogP contribution in [-0.2, 0) is 14.6 Å². The molecule has 0 unspecified atom stereocenters. The molecular weight excluding hydrogens is 424 g/mol. The molecule has 2 atom stereocenters. The maximum absolute atomic E-state index is 12.5. The standard InChI is InChI=1S/C17H21BrN2O3S2/c1-3-11(4-2)16(21)19-17-20(13-7-5-12(18)6-8-13)14-9-25(22,23)10-15(14)24-17/h5-8,11,14-15H,3-4,9-10H2,1-2H3/t14-,15-/m1/s1. The Labute approximate surface area is 161 Å². The van der Waals surface area contributed by atoms with Crippen LogP contribution >= 0.6 is 27.7 Å². The van der Waals surface area contributed by atoms with Gasteiger partial charge in [0.15, 0.2) is 15.0 Å². The first-order valence-electron chi connectivity index (χ1n) is 8.39. The molecule has 2 aliphatic heterocycles. The summed E-state index contributed by atoms with van der Waals surface area (Å²) < 4.78 is 25.1. The van der Waals surface area contributed by atoms with Gasteiger partial charge in [0.25, 0.3) is 5.91 Å². The first kappa shape index (κ1) is 18.9. The Hall–Kier alpha value is -0.860. The second kappa shape index (κ2) is 7.40. The van der Waals surface area contributed by atoms with Crippen molar-refractivity contribution in [1.82, 2.24) is 0 Å². The monoisotopic (exact) mass is 444 g/mol. The van der Waals surface area contributed by atoms with Crippen molar-refractivity contribution >= 4 is 54.3 Å². The minimum absolute atomic E-state index is 0.0677. The van der Waals surface area contributed by atoms with Gasteiger partial charge in [0.2, 0.25) is 0 Å². The fourth-order valence-corrected chi connectivity index (χ4v) is 7.48. The fraction of sp³-hybridized carbons (Fsp3) is 0.529. The van der Waals surface area contributed by atoms with Gasteiger partial charge in [-0.3, -0.25) is 4.79 Å². The van der Waals surface area contributed by atoms with Crippen molar-refractivity contribution in [2.75, 3.05) is 16.4 Å². The first-order chi connectivity index (χ1) is 11.8. The molecule has 8 heteroatoms. The molecule has 1 amide bonds. The molecule has 0 spiro atoms. The molecule has 3 rings (SSSR count). The predicted molar refractivity (Wildman–Crippen MR) is 107 cm³/mol. The summed E-state index contributed by atoms with van der Waals surface area (Å²) in [6.07, 6.45) is 1.52. The minimum atomic E-state index is -3.04. The molecule has 1 aromatic carbocycles. The molecule has 2 heterocycles. The number of thioether (sulfide) groups is 1. The molecule has 25 heavy (non-hydrogen) atoms. The average molecular weight is 445 g/mol. The highest BCUT2D eigenvalue weighted by molar-refractivity contribution is 9.10. The zero-order valence-corrected chi connectivity index (χ0v) is 17.4. The van der Waals surface area contributed by atoms with E-state index in [1.54, 1.807) is 0 Å². The van der Waals surface area contributed by atoms with Gasteiger partial charge in [-0.25, -0.2) is 8.42 Å². The van der Waals surface area contributed by atoms with Crippen molar-refractivity contribution in [1.29, 1.82) is 0 Å². The van der Waals surface area contributed by atoms with Crippen molar-refractivity contribution in [3.8, 4) is 0 Å². The fourth-order valence-electron chi connectivity index (χ4n) is 3.29. The molecule has 0 radical (unpaired) electrons. The van der Waals surface area contributed by atoms with Gasteiger partial charge in [0.1, 0.15) is 0 Å². The number of sulfone groups is 1. The number of hydrogen-bond acceptors (Lipinski definition) is 4. The molecule has 0 bridgehead atoms. The average Bonchev–Trinajstić information content (AvgIpc) is 3.00. The maximum atomic E-state index is 12.5. The normalized spacial score (nSPS) is 26.4. The van der Waals surface area contributed by atoms with E-state index in [-0.39, 0.29) is 34.6 Å². The van der Waals surface area contributed by atoms with E-state index in [2.05, 4.69) is 20.9 Å². The molecule has 2 aliphatic rings. The number of amides is 1. The molecule has 136 valence electrons. The van der Waals surface area contributed by atoms with Gasteiger partial charge in [0.05, 0.1) is 17.5 Å². The van der Waals surface area contributed by atoms with E-state index < -0.39 is 9.84 Å². The Morgan fingerprint density at radius 1 is 1.28 bits per heavy atom. The van der Waals surface area contributed by atoms with Crippen LogP contribution in [0.4, 0.5) is 5.69 Å². The molecule has 5 nitrogen and oxygen atoms in total. The molecule has 0 aromatic heterocycles. The van der Waals surface area contributed by atoms with E-state index in [0.29, 0.717) is 5.17 Å². The molecule has 0 aliphatic carbocycles. The van der Waals surface area contributed by atoms with Crippen LogP contribution in [0.5, 0.6) is 0 Å². The van der Waals surface area contributed by atoms with Gasteiger partial charge in [-0.05, 0) is 37.1 Å². The second-order valence-corrected chi connectivity index (χ2v) is 10.7. The third kappa shape index (κ3) is 3.95. The number of halogens is 1. The van der Waals surface area contributed by atoms with Crippen molar-refractivity contribution in [3.05, 3.63) is 28.7 Å². The van der Waals surface area contributed by atoms with Crippen molar-refractivity contribution in [2.45, 2.75) is 38.0 Å². The number of nitrogens with zero attached hydrogens (tertiary/aromatic N) is 2. The lowest BCUT2D eigenvalue weighted by atomic mass is 10.0. The van der Waals surface area contributed by atoms with E-state index in [1.807, 2.05) is 43.0 Å². The molecular formula is C17H21BrN2O3S2.